The topological polar surface area (TPSA) is 12.0 Å². The lowest BCUT2D eigenvalue weighted by molar-refractivity contribution is 0.574. The van der Waals surface area contributed by atoms with Crippen molar-refractivity contribution in [2.24, 2.45) is 0 Å². The molecule has 0 amide bonds. The van der Waals surface area contributed by atoms with Crippen LogP contribution in [0.25, 0.3) is 0 Å². The number of nitrogens with one attached hydrogen (secondary N) is 1. The molecule has 2 rings (SSSR count). The van der Waals surface area contributed by atoms with Crippen LogP contribution in [0.1, 0.15) is 29.7 Å². The first kappa shape index (κ1) is 14.2. The first-order valence-corrected chi connectivity index (χ1v) is 7.16. The van der Waals surface area contributed by atoms with Crippen LogP contribution in [0.3, 0.4) is 0 Å². The molecule has 2 aromatic carbocycles. The summed E-state index contributed by atoms with van der Waals surface area (Å²) in [5, 5.41) is 3.18. The van der Waals surface area contributed by atoms with Crippen molar-refractivity contribution in [2.75, 3.05) is 7.05 Å². The minimum atomic E-state index is -0.201. The van der Waals surface area contributed by atoms with E-state index in [4.69, 9.17) is 0 Å². The molecule has 0 fully saturated rings. The fourth-order valence-electron chi connectivity index (χ4n) is 2.21. The van der Waals surface area contributed by atoms with Crippen molar-refractivity contribution >= 4 is 15.9 Å². The van der Waals surface area contributed by atoms with Gasteiger partial charge in [0.1, 0.15) is 5.82 Å². The Kier molecular flexibility index (Phi) is 4.72. The van der Waals surface area contributed by atoms with Gasteiger partial charge in [0.25, 0.3) is 0 Å². The Morgan fingerprint density at radius 2 is 1.84 bits per heavy atom. The van der Waals surface area contributed by atoms with Crippen LogP contribution in [0.5, 0.6) is 0 Å². The van der Waals surface area contributed by atoms with E-state index in [2.05, 4.69) is 52.4 Å². The maximum Gasteiger partial charge on any atom is 0.129 e. The highest BCUT2D eigenvalue weighted by Gasteiger charge is 2.18. The zero-order valence-corrected chi connectivity index (χ0v) is 12.7. The van der Waals surface area contributed by atoms with Gasteiger partial charge >= 0.3 is 0 Å². The summed E-state index contributed by atoms with van der Waals surface area (Å²) < 4.78 is 14.8. The predicted octanol–water partition coefficient (Wildman–Crippen LogP) is 4.46. The summed E-state index contributed by atoms with van der Waals surface area (Å²) in [6.07, 6.45) is 1.01. The molecular formula is C16H17BrFN. The molecule has 0 saturated carbocycles. The SMILES string of the molecule is CCc1ccc(C(NC)c2c(F)cccc2Br)cc1. The maximum atomic E-state index is 14.0. The van der Waals surface area contributed by atoms with Gasteiger partial charge in [-0.2, -0.15) is 0 Å². The van der Waals surface area contributed by atoms with E-state index >= 15 is 0 Å². The summed E-state index contributed by atoms with van der Waals surface area (Å²) in [7, 11) is 1.84. The van der Waals surface area contributed by atoms with Gasteiger partial charge in [-0.05, 0) is 36.7 Å². The molecule has 1 unspecified atom stereocenters. The molecule has 1 nitrogen and oxygen atoms in total. The van der Waals surface area contributed by atoms with Gasteiger partial charge in [0, 0.05) is 10.0 Å². The second kappa shape index (κ2) is 6.31. The molecule has 19 heavy (non-hydrogen) atoms. The smallest absolute Gasteiger partial charge is 0.129 e. The molecule has 0 bridgehead atoms. The second-order valence-corrected chi connectivity index (χ2v) is 5.31. The van der Waals surface area contributed by atoms with Gasteiger partial charge < -0.3 is 5.32 Å². The number of hydrogen-bond donors (Lipinski definition) is 1. The second-order valence-electron chi connectivity index (χ2n) is 4.45. The molecule has 0 spiro atoms. The van der Waals surface area contributed by atoms with Crippen LogP contribution in [0.2, 0.25) is 0 Å². The first-order valence-electron chi connectivity index (χ1n) is 6.37. The number of benzene rings is 2. The minimum absolute atomic E-state index is 0.151. The van der Waals surface area contributed by atoms with Gasteiger partial charge in [0.15, 0.2) is 0 Å². The largest absolute Gasteiger partial charge is 0.309 e. The van der Waals surface area contributed by atoms with Crippen LogP contribution in [0.4, 0.5) is 4.39 Å². The third-order valence-electron chi connectivity index (χ3n) is 3.30. The average molecular weight is 322 g/mol. The van der Waals surface area contributed by atoms with Crippen LogP contribution in [-0.4, -0.2) is 7.05 Å². The van der Waals surface area contributed by atoms with E-state index in [0.717, 1.165) is 16.5 Å². The summed E-state index contributed by atoms with van der Waals surface area (Å²) >= 11 is 3.43. The normalized spacial score (nSPS) is 12.4. The van der Waals surface area contributed by atoms with Crippen molar-refractivity contribution in [2.45, 2.75) is 19.4 Å². The van der Waals surface area contributed by atoms with Crippen LogP contribution >= 0.6 is 15.9 Å². The molecule has 0 radical (unpaired) electrons. The Labute approximate surface area is 122 Å². The van der Waals surface area contributed by atoms with Gasteiger partial charge in [-0.1, -0.05) is 53.2 Å². The molecule has 1 atom stereocenters. The van der Waals surface area contributed by atoms with E-state index in [1.807, 2.05) is 13.1 Å². The molecule has 0 saturated heterocycles. The van der Waals surface area contributed by atoms with Crippen molar-refractivity contribution in [3.63, 3.8) is 0 Å². The maximum absolute atomic E-state index is 14.0. The number of aryl methyl sites for hydroxylation is 1. The predicted molar refractivity (Wildman–Crippen MR) is 80.8 cm³/mol. The Morgan fingerprint density at radius 1 is 1.16 bits per heavy atom. The molecule has 1 N–H and O–H groups in total. The zero-order valence-electron chi connectivity index (χ0n) is 11.1. The average Bonchev–Trinajstić information content (AvgIpc) is 2.43. The fourth-order valence-corrected chi connectivity index (χ4v) is 2.78. The van der Waals surface area contributed by atoms with Crippen molar-refractivity contribution < 1.29 is 4.39 Å². The van der Waals surface area contributed by atoms with Crippen LogP contribution in [-0.2, 0) is 6.42 Å². The summed E-state index contributed by atoms with van der Waals surface area (Å²) in [5.74, 6) is -0.201. The van der Waals surface area contributed by atoms with E-state index in [0.29, 0.717) is 5.56 Å². The summed E-state index contributed by atoms with van der Waals surface area (Å²) in [6.45, 7) is 2.12. The van der Waals surface area contributed by atoms with E-state index in [9.17, 15) is 4.39 Å². The van der Waals surface area contributed by atoms with E-state index in [-0.39, 0.29) is 11.9 Å². The fraction of sp³-hybridized carbons (Fsp3) is 0.250. The zero-order chi connectivity index (χ0) is 13.8. The van der Waals surface area contributed by atoms with Crippen LogP contribution < -0.4 is 5.32 Å². The number of rotatable bonds is 4. The molecule has 0 aromatic heterocycles. The lowest BCUT2D eigenvalue weighted by Crippen LogP contribution is -2.19. The molecule has 0 aliphatic carbocycles. The molecule has 0 aliphatic heterocycles. The third-order valence-corrected chi connectivity index (χ3v) is 3.99. The highest BCUT2D eigenvalue weighted by Crippen LogP contribution is 2.30. The van der Waals surface area contributed by atoms with Crippen molar-refractivity contribution in [1.82, 2.24) is 5.32 Å². The van der Waals surface area contributed by atoms with Crippen LogP contribution in [0.15, 0.2) is 46.9 Å². The summed E-state index contributed by atoms with van der Waals surface area (Å²) in [5.41, 5.74) is 2.99. The Balaban J connectivity index is 2.44. The quantitative estimate of drug-likeness (QED) is 0.876. The lowest BCUT2D eigenvalue weighted by atomic mass is 9.97. The van der Waals surface area contributed by atoms with E-state index in [1.165, 1.54) is 11.6 Å². The number of halogens is 2. The van der Waals surface area contributed by atoms with Gasteiger partial charge in [0.05, 0.1) is 6.04 Å². The Hall–Kier alpha value is -1.19. The highest BCUT2D eigenvalue weighted by molar-refractivity contribution is 9.10. The standard InChI is InChI=1S/C16H17BrFN/c1-3-11-7-9-12(10-8-11)16(19-2)15-13(17)5-4-6-14(15)18/h4-10,16,19H,3H2,1-2H3. The molecular weight excluding hydrogens is 305 g/mol. The monoisotopic (exact) mass is 321 g/mol. The van der Waals surface area contributed by atoms with Crippen LogP contribution in [0, 0.1) is 5.82 Å². The summed E-state index contributed by atoms with van der Waals surface area (Å²) in [4.78, 5) is 0. The van der Waals surface area contributed by atoms with Gasteiger partial charge in [-0.15, -0.1) is 0 Å². The first-order chi connectivity index (χ1) is 9.17. The third kappa shape index (κ3) is 3.04. The van der Waals surface area contributed by atoms with Gasteiger partial charge in [-0.3, -0.25) is 0 Å². The molecule has 3 heteroatoms. The lowest BCUT2D eigenvalue weighted by Gasteiger charge is -2.19. The minimum Gasteiger partial charge on any atom is -0.309 e. The Bertz CT molecular complexity index is 531. The number of hydrogen-bond acceptors (Lipinski definition) is 1. The van der Waals surface area contributed by atoms with Gasteiger partial charge in [0.2, 0.25) is 0 Å². The van der Waals surface area contributed by atoms with E-state index < -0.39 is 0 Å². The van der Waals surface area contributed by atoms with E-state index in [1.54, 1.807) is 6.07 Å². The Morgan fingerprint density at radius 3 is 2.37 bits per heavy atom. The van der Waals surface area contributed by atoms with Crippen molar-refractivity contribution in [1.29, 1.82) is 0 Å². The van der Waals surface area contributed by atoms with Crippen molar-refractivity contribution in [3.05, 3.63) is 69.4 Å². The molecule has 100 valence electrons. The molecule has 2 aromatic rings. The summed E-state index contributed by atoms with van der Waals surface area (Å²) in [6, 6.07) is 13.2. The molecule has 0 heterocycles. The molecule has 0 aliphatic rings. The highest BCUT2D eigenvalue weighted by atomic mass is 79.9. The van der Waals surface area contributed by atoms with Gasteiger partial charge in [-0.25, -0.2) is 4.39 Å². The van der Waals surface area contributed by atoms with Crippen molar-refractivity contribution in [3.8, 4) is 0 Å².